The maximum atomic E-state index is 6.06. The van der Waals surface area contributed by atoms with E-state index in [0.29, 0.717) is 5.02 Å². The van der Waals surface area contributed by atoms with Crippen LogP contribution in [0, 0.1) is 6.92 Å². The zero-order chi connectivity index (χ0) is 15.6. The van der Waals surface area contributed by atoms with Crippen molar-refractivity contribution in [3.8, 4) is 0 Å². The molecular formula is C15H18BrClN4. The fourth-order valence-corrected chi connectivity index (χ4v) is 2.40. The number of nitrogens with zero attached hydrogens (tertiary/aromatic N) is 2. The SMILES string of the molecule is CNc1nc(C(C)C)nc(Nc2cc(Cl)ccc2Br)c1C. The summed E-state index contributed by atoms with van der Waals surface area (Å²) in [5.41, 5.74) is 1.84. The van der Waals surface area contributed by atoms with E-state index in [9.17, 15) is 0 Å². The average molecular weight is 370 g/mol. The Hall–Kier alpha value is -1.33. The molecule has 1 heterocycles. The first-order valence-electron chi connectivity index (χ1n) is 6.70. The second kappa shape index (κ2) is 6.62. The predicted molar refractivity (Wildman–Crippen MR) is 92.8 cm³/mol. The highest BCUT2D eigenvalue weighted by atomic mass is 79.9. The lowest BCUT2D eigenvalue weighted by Gasteiger charge is -2.16. The van der Waals surface area contributed by atoms with E-state index in [2.05, 4.69) is 50.4 Å². The van der Waals surface area contributed by atoms with E-state index in [1.807, 2.05) is 32.2 Å². The first-order chi connectivity index (χ1) is 9.92. The van der Waals surface area contributed by atoms with Crippen LogP contribution in [0.4, 0.5) is 17.3 Å². The van der Waals surface area contributed by atoms with Crippen LogP contribution in [0.3, 0.4) is 0 Å². The van der Waals surface area contributed by atoms with Crippen LogP contribution in [0.2, 0.25) is 5.02 Å². The van der Waals surface area contributed by atoms with E-state index in [4.69, 9.17) is 11.6 Å². The van der Waals surface area contributed by atoms with E-state index in [1.54, 1.807) is 0 Å². The smallest absolute Gasteiger partial charge is 0.139 e. The normalized spacial score (nSPS) is 10.8. The Labute approximate surface area is 138 Å². The molecule has 112 valence electrons. The molecule has 0 bridgehead atoms. The van der Waals surface area contributed by atoms with Crippen LogP contribution in [-0.2, 0) is 0 Å². The van der Waals surface area contributed by atoms with Gasteiger partial charge in [-0.05, 0) is 41.1 Å². The summed E-state index contributed by atoms with van der Waals surface area (Å²) in [6, 6.07) is 5.60. The van der Waals surface area contributed by atoms with Crippen molar-refractivity contribution >= 4 is 44.9 Å². The fourth-order valence-electron chi connectivity index (χ4n) is 1.88. The van der Waals surface area contributed by atoms with Gasteiger partial charge in [0.1, 0.15) is 17.5 Å². The lowest BCUT2D eigenvalue weighted by atomic mass is 10.2. The van der Waals surface area contributed by atoms with E-state index in [-0.39, 0.29) is 5.92 Å². The third-order valence-electron chi connectivity index (χ3n) is 3.10. The molecule has 21 heavy (non-hydrogen) atoms. The maximum Gasteiger partial charge on any atom is 0.139 e. The Morgan fingerprint density at radius 3 is 2.48 bits per heavy atom. The van der Waals surface area contributed by atoms with Crippen molar-refractivity contribution in [1.82, 2.24) is 9.97 Å². The summed E-state index contributed by atoms with van der Waals surface area (Å²) in [5, 5.41) is 7.11. The quantitative estimate of drug-likeness (QED) is 0.786. The number of anilines is 3. The van der Waals surface area contributed by atoms with Crippen molar-refractivity contribution in [3.63, 3.8) is 0 Å². The van der Waals surface area contributed by atoms with Gasteiger partial charge in [-0.15, -0.1) is 0 Å². The molecule has 0 saturated heterocycles. The van der Waals surface area contributed by atoms with Crippen LogP contribution in [0.5, 0.6) is 0 Å². The summed E-state index contributed by atoms with van der Waals surface area (Å²) in [7, 11) is 1.86. The van der Waals surface area contributed by atoms with Gasteiger partial charge < -0.3 is 10.6 Å². The van der Waals surface area contributed by atoms with Gasteiger partial charge in [-0.2, -0.15) is 0 Å². The molecule has 0 amide bonds. The molecule has 0 aliphatic carbocycles. The zero-order valence-electron chi connectivity index (χ0n) is 12.5. The topological polar surface area (TPSA) is 49.8 Å². The molecule has 0 unspecified atom stereocenters. The van der Waals surface area contributed by atoms with Gasteiger partial charge in [-0.25, -0.2) is 9.97 Å². The third kappa shape index (κ3) is 3.66. The van der Waals surface area contributed by atoms with Crippen molar-refractivity contribution in [1.29, 1.82) is 0 Å². The van der Waals surface area contributed by atoms with Gasteiger partial charge >= 0.3 is 0 Å². The molecule has 0 aliphatic rings. The standard InChI is InChI=1S/C15H18BrClN4/c1-8(2)13-20-14(18-4)9(3)15(21-13)19-12-7-10(17)5-6-11(12)16/h5-8H,1-4H3,(H2,18,19,20,21). The van der Waals surface area contributed by atoms with E-state index in [1.165, 1.54) is 0 Å². The molecule has 6 heteroatoms. The highest BCUT2D eigenvalue weighted by Crippen LogP contribution is 2.31. The van der Waals surface area contributed by atoms with Crippen molar-refractivity contribution < 1.29 is 0 Å². The Bertz CT molecular complexity index is 658. The Balaban J connectivity index is 2.47. The zero-order valence-corrected chi connectivity index (χ0v) is 14.8. The summed E-state index contributed by atoms with van der Waals surface area (Å²) >= 11 is 9.57. The molecule has 2 rings (SSSR count). The molecule has 0 atom stereocenters. The summed E-state index contributed by atoms with van der Waals surface area (Å²) < 4.78 is 0.932. The molecule has 0 saturated carbocycles. The molecular weight excluding hydrogens is 352 g/mol. The molecule has 1 aromatic heterocycles. The first kappa shape index (κ1) is 16.0. The van der Waals surface area contributed by atoms with Crippen LogP contribution in [0.25, 0.3) is 0 Å². The minimum absolute atomic E-state index is 0.251. The maximum absolute atomic E-state index is 6.06. The monoisotopic (exact) mass is 368 g/mol. The molecule has 0 spiro atoms. The number of benzene rings is 1. The van der Waals surface area contributed by atoms with Crippen LogP contribution in [0.15, 0.2) is 22.7 Å². The Morgan fingerprint density at radius 1 is 1.19 bits per heavy atom. The molecule has 2 N–H and O–H groups in total. The van der Waals surface area contributed by atoms with Gasteiger partial charge in [-0.3, -0.25) is 0 Å². The average Bonchev–Trinajstić information content (AvgIpc) is 2.44. The highest BCUT2D eigenvalue weighted by molar-refractivity contribution is 9.10. The van der Waals surface area contributed by atoms with Gasteiger partial charge in [0.2, 0.25) is 0 Å². The van der Waals surface area contributed by atoms with Gasteiger partial charge in [0.05, 0.1) is 5.69 Å². The molecule has 0 fully saturated rings. The first-order valence-corrected chi connectivity index (χ1v) is 7.87. The summed E-state index contributed by atoms with van der Waals surface area (Å²) in [4.78, 5) is 9.15. The highest BCUT2D eigenvalue weighted by Gasteiger charge is 2.13. The van der Waals surface area contributed by atoms with Gasteiger partial charge in [0.15, 0.2) is 0 Å². The largest absolute Gasteiger partial charge is 0.373 e. The van der Waals surface area contributed by atoms with Crippen molar-refractivity contribution in [3.05, 3.63) is 39.1 Å². The van der Waals surface area contributed by atoms with Crippen LogP contribution < -0.4 is 10.6 Å². The number of aromatic nitrogens is 2. The molecule has 4 nitrogen and oxygen atoms in total. The van der Waals surface area contributed by atoms with Gasteiger partial charge in [-0.1, -0.05) is 25.4 Å². The fraction of sp³-hybridized carbons (Fsp3) is 0.333. The predicted octanol–water partition coefficient (Wildman–Crippen LogP) is 5.11. The Kier molecular flexibility index (Phi) is 5.06. The number of halogens is 2. The number of hydrogen-bond acceptors (Lipinski definition) is 4. The second-order valence-electron chi connectivity index (χ2n) is 5.06. The van der Waals surface area contributed by atoms with Gasteiger partial charge in [0.25, 0.3) is 0 Å². The number of hydrogen-bond donors (Lipinski definition) is 2. The number of rotatable bonds is 4. The van der Waals surface area contributed by atoms with Crippen LogP contribution in [0.1, 0.15) is 31.2 Å². The van der Waals surface area contributed by atoms with E-state index in [0.717, 1.165) is 33.2 Å². The minimum Gasteiger partial charge on any atom is -0.373 e. The lowest BCUT2D eigenvalue weighted by molar-refractivity contribution is 0.775. The lowest BCUT2D eigenvalue weighted by Crippen LogP contribution is -2.08. The van der Waals surface area contributed by atoms with Crippen molar-refractivity contribution in [2.75, 3.05) is 17.7 Å². The van der Waals surface area contributed by atoms with E-state index < -0.39 is 0 Å². The molecule has 1 aromatic carbocycles. The van der Waals surface area contributed by atoms with E-state index >= 15 is 0 Å². The van der Waals surface area contributed by atoms with Crippen molar-refractivity contribution in [2.45, 2.75) is 26.7 Å². The number of nitrogens with one attached hydrogen (secondary N) is 2. The van der Waals surface area contributed by atoms with Gasteiger partial charge in [0, 0.05) is 28.0 Å². The van der Waals surface area contributed by atoms with Crippen LogP contribution >= 0.6 is 27.5 Å². The second-order valence-corrected chi connectivity index (χ2v) is 6.35. The summed E-state index contributed by atoms with van der Waals surface area (Å²) in [6.07, 6.45) is 0. The van der Waals surface area contributed by atoms with Crippen LogP contribution in [-0.4, -0.2) is 17.0 Å². The third-order valence-corrected chi connectivity index (χ3v) is 4.02. The minimum atomic E-state index is 0.251. The molecule has 0 aliphatic heterocycles. The summed E-state index contributed by atoms with van der Waals surface area (Å²) in [6.45, 7) is 6.13. The molecule has 2 aromatic rings. The van der Waals surface area contributed by atoms with Crippen molar-refractivity contribution in [2.24, 2.45) is 0 Å². The molecule has 0 radical (unpaired) electrons. The summed E-state index contributed by atoms with van der Waals surface area (Å²) in [5.74, 6) is 2.65. The Morgan fingerprint density at radius 2 is 1.86 bits per heavy atom.